The molecule has 4 rings (SSSR count). The van der Waals surface area contributed by atoms with E-state index in [1.165, 1.54) is 11.8 Å². The number of fused-ring (bicyclic) bond motifs is 1. The van der Waals surface area contributed by atoms with E-state index in [9.17, 15) is 9.18 Å². The molecule has 0 radical (unpaired) electrons. The number of hydrogen-bond acceptors (Lipinski definition) is 5. The van der Waals surface area contributed by atoms with Gasteiger partial charge < -0.3 is 9.64 Å². The molecule has 1 saturated heterocycles. The topological polar surface area (TPSA) is 74.7 Å². The summed E-state index contributed by atoms with van der Waals surface area (Å²) in [6.07, 6.45) is 7.02. The summed E-state index contributed by atoms with van der Waals surface area (Å²) in [4.78, 5) is 18.8. The summed E-state index contributed by atoms with van der Waals surface area (Å²) in [5.74, 6) is -0.122. The van der Waals surface area contributed by atoms with E-state index in [0.717, 1.165) is 56.1 Å². The number of hydrogen-bond donors (Lipinski definition) is 2. The number of pyridine rings is 1. The molecule has 0 bridgehead atoms. The van der Waals surface area contributed by atoms with Crippen molar-refractivity contribution >= 4 is 16.8 Å². The van der Waals surface area contributed by atoms with Crippen molar-refractivity contribution in [1.82, 2.24) is 15.4 Å². The number of halogens is 1. The van der Waals surface area contributed by atoms with Crippen LogP contribution in [0.15, 0.2) is 54.7 Å². The molecule has 0 spiro atoms. The van der Waals surface area contributed by atoms with Crippen molar-refractivity contribution in [2.75, 3.05) is 20.2 Å². The molecule has 2 atom stereocenters. The van der Waals surface area contributed by atoms with Crippen LogP contribution in [0.25, 0.3) is 10.9 Å². The highest BCUT2D eigenvalue weighted by Gasteiger charge is 2.31. The highest BCUT2D eigenvalue weighted by atomic mass is 19.1. The molecule has 7 heteroatoms. The molecule has 1 amide bonds. The van der Waals surface area contributed by atoms with Gasteiger partial charge in [-0.3, -0.25) is 15.0 Å². The van der Waals surface area contributed by atoms with Crippen molar-refractivity contribution in [3.8, 4) is 5.75 Å². The highest BCUT2D eigenvalue weighted by Crippen LogP contribution is 2.29. The third kappa shape index (κ3) is 6.35. The van der Waals surface area contributed by atoms with Gasteiger partial charge in [0.15, 0.2) is 0 Å². The number of amides is 1. The van der Waals surface area contributed by atoms with Gasteiger partial charge in [0.1, 0.15) is 11.6 Å². The zero-order valence-electron chi connectivity index (χ0n) is 20.3. The van der Waals surface area contributed by atoms with Crippen molar-refractivity contribution in [3.63, 3.8) is 0 Å². The van der Waals surface area contributed by atoms with Crippen LogP contribution in [0.3, 0.4) is 0 Å². The van der Waals surface area contributed by atoms with Gasteiger partial charge in [0.05, 0.1) is 18.8 Å². The lowest BCUT2D eigenvalue weighted by atomic mass is 9.87. The predicted octanol–water partition coefficient (Wildman–Crippen LogP) is 4.92. The maximum Gasteiger partial charge on any atom is 0.246 e. The van der Waals surface area contributed by atoms with Gasteiger partial charge in [0, 0.05) is 17.3 Å². The van der Waals surface area contributed by atoms with Gasteiger partial charge in [-0.2, -0.15) is 0 Å². The van der Waals surface area contributed by atoms with Gasteiger partial charge >= 0.3 is 0 Å². The van der Waals surface area contributed by atoms with Gasteiger partial charge in [-0.15, -0.1) is 0 Å². The molecule has 2 aromatic carbocycles. The van der Waals surface area contributed by atoms with Crippen LogP contribution in [0.1, 0.15) is 43.2 Å². The van der Waals surface area contributed by atoms with Gasteiger partial charge in [-0.1, -0.05) is 30.3 Å². The molecule has 186 valence electrons. The van der Waals surface area contributed by atoms with E-state index in [1.807, 2.05) is 29.7 Å². The lowest BCUT2D eigenvalue weighted by Crippen LogP contribution is -2.46. The number of carbonyl (C=O) groups excluding carboxylic acids is 1. The largest absolute Gasteiger partial charge is 0.497 e. The second kappa shape index (κ2) is 12.1. The number of aromatic nitrogens is 1. The Morgan fingerprint density at radius 2 is 2.03 bits per heavy atom. The summed E-state index contributed by atoms with van der Waals surface area (Å²) < 4.78 is 20.1. The molecule has 0 aliphatic carbocycles. The summed E-state index contributed by atoms with van der Waals surface area (Å²) in [5.41, 5.74) is 4.57. The number of piperidine rings is 1. The molecule has 35 heavy (non-hydrogen) atoms. The zero-order valence-corrected chi connectivity index (χ0v) is 20.3. The molecular weight excluding hydrogens is 445 g/mol. The van der Waals surface area contributed by atoms with Gasteiger partial charge in [0.25, 0.3) is 0 Å². The summed E-state index contributed by atoms with van der Waals surface area (Å²) in [5, 5.41) is 9.92. The summed E-state index contributed by atoms with van der Waals surface area (Å²) in [6, 6.07) is 16.2. The molecule has 1 aromatic heterocycles. The number of nitrogens with zero attached hydrogens (tertiary/aromatic N) is 2. The minimum Gasteiger partial charge on any atom is -0.497 e. The smallest absolute Gasteiger partial charge is 0.246 e. The Morgan fingerprint density at radius 3 is 2.80 bits per heavy atom. The molecule has 1 aliphatic rings. The quantitative estimate of drug-likeness (QED) is 0.319. The Hall–Kier alpha value is -3.03. The number of ether oxygens (including phenoxy) is 1. The molecule has 1 fully saturated rings. The van der Waals surface area contributed by atoms with E-state index in [2.05, 4.69) is 34.1 Å². The first-order chi connectivity index (χ1) is 17.1. The molecule has 1 aliphatic heterocycles. The Morgan fingerprint density at radius 1 is 1.20 bits per heavy atom. The molecule has 0 saturated carbocycles. The number of rotatable bonds is 10. The molecule has 2 N–H and O–H groups in total. The fourth-order valence-corrected chi connectivity index (χ4v) is 5.25. The van der Waals surface area contributed by atoms with E-state index >= 15 is 0 Å². The SMILES string of the molecule is COc1ccc2ncc(F)c(CCCC3CC(C(=O)NO)CCN3CCCc3ccccc3)c2c1. The summed E-state index contributed by atoms with van der Waals surface area (Å²) in [6.45, 7) is 1.78. The third-order valence-corrected chi connectivity index (χ3v) is 7.17. The first-order valence-corrected chi connectivity index (χ1v) is 12.4. The molecule has 6 nitrogen and oxygen atoms in total. The fraction of sp³-hybridized carbons (Fsp3) is 0.429. The number of likely N-dealkylation sites (tertiary alicyclic amines) is 1. The van der Waals surface area contributed by atoms with Crippen LogP contribution in [0, 0.1) is 11.7 Å². The van der Waals surface area contributed by atoms with E-state index < -0.39 is 0 Å². The van der Waals surface area contributed by atoms with Crippen LogP contribution in [-0.4, -0.2) is 47.2 Å². The summed E-state index contributed by atoms with van der Waals surface area (Å²) in [7, 11) is 1.60. The number of benzene rings is 2. The molecule has 2 heterocycles. The van der Waals surface area contributed by atoms with Gasteiger partial charge in [0.2, 0.25) is 5.91 Å². The van der Waals surface area contributed by atoms with Crippen molar-refractivity contribution in [3.05, 3.63) is 71.7 Å². The van der Waals surface area contributed by atoms with Crippen LogP contribution >= 0.6 is 0 Å². The number of nitrogens with one attached hydrogen (secondary N) is 1. The van der Waals surface area contributed by atoms with Crippen LogP contribution in [0.2, 0.25) is 0 Å². The van der Waals surface area contributed by atoms with Crippen LogP contribution in [0.4, 0.5) is 4.39 Å². The molecule has 3 aromatic rings. The lowest BCUT2D eigenvalue weighted by molar-refractivity contribution is -0.135. The van der Waals surface area contributed by atoms with Gasteiger partial charge in [-0.25, -0.2) is 9.87 Å². The number of aryl methyl sites for hydroxylation is 2. The van der Waals surface area contributed by atoms with E-state index in [1.54, 1.807) is 7.11 Å². The maximum atomic E-state index is 14.7. The van der Waals surface area contributed by atoms with Crippen LogP contribution in [-0.2, 0) is 17.6 Å². The first-order valence-electron chi connectivity index (χ1n) is 12.4. The lowest BCUT2D eigenvalue weighted by Gasteiger charge is -2.39. The standard InChI is InChI=1S/C28H34FN3O3/c1-35-23-12-13-27-25(18-23)24(26(29)19-30-27)11-5-10-22-17-21(28(33)31-34)14-16-32(22)15-6-9-20-7-3-2-4-8-20/h2-4,7-8,12-13,18-19,21-22,34H,5-6,9-11,14-17H2,1H3,(H,31,33). The van der Waals surface area contributed by atoms with Crippen molar-refractivity contribution in [2.24, 2.45) is 5.92 Å². The minimum atomic E-state index is -0.308. The third-order valence-electron chi connectivity index (χ3n) is 7.17. The average Bonchev–Trinajstić information content (AvgIpc) is 2.90. The van der Waals surface area contributed by atoms with E-state index in [-0.39, 0.29) is 23.7 Å². The van der Waals surface area contributed by atoms with Crippen LogP contribution in [0.5, 0.6) is 5.75 Å². The van der Waals surface area contributed by atoms with E-state index in [4.69, 9.17) is 9.94 Å². The Kier molecular flexibility index (Phi) is 8.66. The molecular formula is C28H34FN3O3. The summed E-state index contributed by atoms with van der Waals surface area (Å²) >= 11 is 0. The predicted molar refractivity (Wildman–Crippen MR) is 134 cm³/mol. The Bertz CT molecular complexity index is 1130. The number of hydroxylamine groups is 1. The number of carbonyl (C=O) groups is 1. The second-order valence-electron chi connectivity index (χ2n) is 9.34. The molecule has 2 unspecified atom stereocenters. The maximum absolute atomic E-state index is 14.7. The Balaban J connectivity index is 1.42. The monoisotopic (exact) mass is 479 g/mol. The second-order valence-corrected chi connectivity index (χ2v) is 9.34. The fourth-order valence-electron chi connectivity index (χ4n) is 5.25. The average molecular weight is 480 g/mol. The zero-order chi connectivity index (χ0) is 24.6. The van der Waals surface area contributed by atoms with Crippen molar-refractivity contribution in [2.45, 2.75) is 51.0 Å². The minimum absolute atomic E-state index is 0.196. The normalized spacial score (nSPS) is 18.5. The van der Waals surface area contributed by atoms with Crippen molar-refractivity contribution in [1.29, 1.82) is 0 Å². The van der Waals surface area contributed by atoms with Crippen molar-refractivity contribution < 1.29 is 19.1 Å². The Labute approximate surface area is 206 Å². The van der Waals surface area contributed by atoms with E-state index in [0.29, 0.717) is 24.2 Å². The van der Waals surface area contributed by atoms with Crippen LogP contribution < -0.4 is 10.2 Å². The number of methoxy groups -OCH3 is 1. The first kappa shape index (κ1) is 25.1. The highest BCUT2D eigenvalue weighted by molar-refractivity contribution is 5.83. The van der Waals surface area contributed by atoms with Gasteiger partial charge in [-0.05, 0) is 87.4 Å².